The van der Waals surface area contributed by atoms with Crippen LogP contribution in [0.2, 0.25) is 5.02 Å². The Labute approximate surface area is 135 Å². The molecule has 1 unspecified atom stereocenters. The van der Waals surface area contributed by atoms with Crippen LogP contribution in [0.25, 0.3) is 0 Å². The predicted molar refractivity (Wildman–Crippen MR) is 89.3 cm³/mol. The highest BCUT2D eigenvalue weighted by molar-refractivity contribution is 7.99. The average molecular weight is 335 g/mol. The molecule has 112 valence electrons. The van der Waals surface area contributed by atoms with E-state index in [9.17, 15) is 4.79 Å². The number of carbonyl (C=O) groups excluding carboxylic acids is 1. The lowest BCUT2D eigenvalue weighted by Crippen LogP contribution is -2.48. The van der Waals surface area contributed by atoms with Gasteiger partial charge in [0.1, 0.15) is 0 Å². The van der Waals surface area contributed by atoms with Crippen LogP contribution in [-0.2, 0) is 4.79 Å². The second-order valence-electron chi connectivity index (χ2n) is 4.77. The molecule has 1 fully saturated rings. The maximum atomic E-state index is 12.2. The topological polar surface area (TPSA) is 41.1 Å². The summed E-state index contributed by atoms with van der Waals surface area (Å²) in [6, 6.07) is 5.64. The van der Waals surface area contributed by atoms with E-state index in [0.717, 1.165) is 29.4 Å². The molecule has 3 nitrogen and oxygen atoms in total. The van der Waals surface area contributed by atoms with Crippen molar-refractivity contribution in [3.8, 4) is 0 Å². The van der Waals surface area contributed by atoms with Gasteiger partial charge in [-0.3, -0.25) is 4.79 Å². The van der Waals surface area contributed by atoms with Crippen molar-refractivity contribution in [2.45, 2.75) is 18.7 Å². The molecule has 1 aliphatic heterocycles. The monoisotopic (exact) mass is 334 g/mol. The smallest absolute Gasteiger partial charge is 0.227 e. The van der Waals surface area contributed by atoms with Crippen molar-refractivity contribution in [1.29, 1.82) is 0 Å². The van der Waals surface area contributed by atoms with Gasteiger partial charge in [0.2, 0.25) is 5.91 Å². The molecule has 2 N–H and O–H groups in total. The molecule has 0 bridgehead atoms. The lowest BCUT2D eigenvalue weighted by molar-refractivity contribution is -0.121. The molecule has 2 rings (SSSR count). The summed E-state index contributed by atoms with van der Waals surface area (Å²) in [6.07, 6.45) is 0. The van der Waals surface area contributed by atoms with E-state index in [2.05, 4.69) is 17.6 Å². The molecule has 1 atom stereocenters. The molecule has 1 amide bonds. The first-order valence-electron chi connectivity index (χ1n) is 6.55. The van der Waals surface area contributed by atoms with Gasteiger partial charge in [0.25, 0.3) is 0 Å². The molecule has 0 spiro atoms. The summed E-state index contributed by atoms with van der Waals surface area (Å²) in [5.41, 5.74) is 0.823. The molecule has 1 aliphatic rings. The summed E-state index contributed by atoms with van der Waals surface area (Å²) in [7, 11) is 0. The summed E-state index contributed by atoms with van der Waals surface area (Å²) >= 11 is 7.72. The van der Waals surface area contributed by atoms with Crippen molar-refractivity contribution in [1.82, 2.24) is 5.32 Å². The number of hydrogen-bond donors (Lipinski definition) is 2. The van der Waals surface area contributed by atoms with Crippen molar-refractivity contribution in [3.63, 3.8) is 0 Å². The summed E-state index contributed by atoms with van der Waals surface area (Å²) in [5, 5.41) is 6.86. The summed E-state index contributed by atoms with van der Waals surface area (Å²) in [6.45, 7) is 5.94. The first kappa shape index (κ1) is 17.6. The van der Waals surface area contributed by atoms with E-state index in [0.29, 0.717) is 10.9 Å². The van der Waals surface area contributed by atoms with Gasteiger partial charge in [-0.15, -0.1) is 24.2 Å². The Hall–Kier alpha value is -0.420. The fourth-order valence-corrected chi connectivity index (χ4v) is 2.92. The minimum absolute atomic E-state index is 0. The molecule has 1 saturated heterocycles. The fraction of sp³-hybridized carbons (Fsp3) is 0.500. The van der Waals surface area contributed by atoms with Crippen LogP contribution in [0.5, 0.6) is 0 Å². The van der Waals surface area contributed by atoms with Gasteiger partial charge < -0.3 is 10.6 Å². The van der Waals surface area contributed by atoms with Crippen LogP contribution in [0.3, 0.4) is 0 Å². The van der Waals surface area contributed by atoms with Crippen molar-refractivity contribution < 1.29 is 4.79 Å². The third-order valence-corrected chi connectivity index (χ3v) is 4.62. The number of benzene rings is 1. The number of anilines is 1. The number of nitrogens with one attached hydrogen (secondary N) is 2. The van der Waals surface area contributed by atoms with E-state index in [1.807, 2.05) is 25.1 Å². The van der Waals surface area contributed by atoms with E-state index in [4.69, 9.17) is 11.6 Å². The highest BCUT2D eigenvalue weighted by Gasteiger charge is 2.28. The van der Waals surface area contributed by atoms with Gasteiger partial charge in [0, 0.05) is 15.8 Å². The van der Waals surface area contributed by atoms with Gasteiger partial charge in [0.05, 0.1) is 5.69 Å². The minimum Gasteiger partial charge on any atom is -0.325 e. The van der Waals surface area contributed by atoms with E-state index >= 15 is 0 Å². The Morgan fingerprint density at radius 1 is 1.55 bits per heavy atom. The van der Waals surface area contributed by atoms with Crippen LogP contribution >= 0.6 is 35.8 Å². The third kappa shape index (κ3) is 4.29. The number of amides is 1. The zero-order valence-corrected chi connectivity index (χ0v) is 14.0. The van der Waals surface area contributed by atoms with Crippen molar-refractivity contribution in [2.75, 3.05) is 24.2 Å². The first-order valence-corrected chi connectivity index (χ1v) is 7.92. The average Bonchev–Trinajstić information content (AvgIpc) is 2.30. The van der Waals surface area contributed by atoms with Gasteiger partial charge in [-0.1, -0.05) is 25.4 Å². The Morgan fingerprint density at radius 3 is 2.80 bits per heavy atom. The number of rotatable bonds is 5. The molecule has 0 aliphatic carbocycles. The van der Waals surface area contributed by atoms with Crippen molar-refractivity contribution in [2.24, 2.45) is 11.8 Å². The zero-order valence-electron chi connectivity index (χ0n) is 11.6. The van der Waals surface area contributed by atoms with E-state index in [1.54, 1.807) is 11.8 Å². The lowest BCUT2D eigenvalue weighted by atomic mass is 9.88. The zero-order chi connectivity index (χ0) is 13.8. The molecular weight excluding hydrogens is 315 g/mol. The molecule has 6 heteroatoms. The van der Waals surface area contributed by atoms with Crippen LogP contribution < -0.4 is 10.6 Å². The number of hydrogen-bond acceptors (Lipinski definition) is 3. The fourth-order valence-electron chi connectivity index (χ4n) is 2.01. The highest BCUT2D eigenvalue weighted by Crippen LogP contribution is 2.30. The van der Waals surface area contributed by atoms with Crippen LogP contribution in [0.4, 0.5) is 5.69 Å². The Bertz CT molecular complexity index is 466. The van der Waals surface area contributed by atoms with Crippen LogP contribution in [0, 0.1) is 11.8 Å². The van der Waals surface area contributed by atoms with Crippen LogP contribution in [0.15, 0.2) is 23.1 Å². The highest BCUT2D eigenvalue weighted by atomic mass is 35.5. The molecule has 0 aromatic heterocycles. The normalized spacial score (nSPS) is 15.9. The molecule has 0 radical (unpaired) electrons. The maximum absolute atomic E-state index is 12.2. The lowest BCUT2D eigenvalue weighted by Gasteiger charge is -2.31. The molecule has 1 aromatic rings. The van der Waals surface area contributed by atoms with E-state index < -0.39 is 0 Å². The molecule has 1 aromatic carbocycles. The van der Waals surface area contributed by atoms with Crippen molar-refractivity contribution >= 4 is 47.4 Å². The number of carbonyl (C=O) groups is 1. The predicted octanol–water partition coefficient (Wildman–Crippen LogP) is 3.67. The SMILES string of the molecule is CCSc1ccc(Cl)cc1NC(=O)C(C)C1CNC1.Cl. The Balaban J connectivity index is 0.00000200. The third-order valence-electron chi connectivity index (χ3n) is 3.43. The van der Waals surface area contributed by atoms with Crippen molar-refractivity contribution in [3.05, 3.63) is 23.2 Å². The van der Waals surface area contributed by atoms with E-state index in [1.165, 1.54) is 0 Å². The largest absolute Gasteiger partial charge is 0.325 e. The minimum atomic E-state index is 0. The summed E-state index contributed by atoms with van der Waals surface area (Å²) < 4.78 is 0. The second-order valence-corrected chi connectivity index (χ2v) is 6.51. The van der Waals surface area contributed by atoms with Gasteiger partial charge in [-0.05, 0) is 43.0 Å². The maximum Gasteiger partial charge on any atom is 0.227 e. The van der Waals surface area contributed by atoms with Crippen LogP contribution in [0.1, 0.15) is 13.8 Å². The number of thioether (sulfide) groups is 1. The molecule has 0 saturated carbocycles. The Morgan fingerprint density at radius 2 is 2.25 bits per heavy atom. The van der Waals surface area contributed by atoms with Gasteiger partial charge in [0.15, 0.2) is 0 Å². The summed E-state index contributed by atoms with van der Waals surface area (Å²) in [5.74, 6) is 1.51. The molecule has 1 heterocycles. The van der Waals surface area contributed by atoms with E-state index in [-0.39, 0.29) is 24.2 Å². The molecule has 20 heavy (non-hydrogen) atoms. The second kappa shape index (κ2) is 8.13. The first-order chi connectivity index (χ1) is 9.11. The Kier molecular flexibility index (Phi) is 7.17. The quantitative estimate of drug-likeness (QED) is 0.807. The van der Waals surface area contributed by atoms with Gasteiger partial charge in [-0.25, -0.2) is 0 Å². The van der Waals surface area contributed by atoms with Crippen LogP contribution in [-0.4, -0.2) is 24.7 Å². The number of halogens is 2. The van der Waals surface area contributed by atoms with Gasteiger partial charge in [-0.2, -0.15) is 0 Å². The van der Waals surface area contributed by atoms with Gasteiger partial charge >= 0.3 is 0 Å². The molecular formula is C14H20Cl2N2OS. The standard InChI is InChI=1S/C14H19ClN2OS.ClH/c1-3-19-13-5-4-11(15)6-12(13)17-14(18)9(2)10-7-16-8-10;/h4-6,9-10,16H,3,7-8H2,1-2H3,(H,17,18);1H. The summed E-state index contributed by atoms with van der Waals surface area (Å²) in [4.78, 5) is 13.3.